The zero-order valence-electron chi connectivity index (χ0n) is 19.4. The summed E-state index contributed by atoms with van der Waals surface area (Å²) in [6.45, 7) is 0.690. The topological polar surface area (TPSA) is 138 Å². The normalized spacial score (nSPS) is 19.0. The molecule has 1 unspecified atom stereocenters. The maximum absolute atomic E-state index is 13.2. The van der Waals surface area contributed by atoms with Crippen LogP contribution in [0.3, 0.4) is 0 Å². The molecule has 2 aromatic heterocycles. The fourth-order valence-corrected chi connectivity index (χ4v) is 5.18. The van der Waals surface area contributed by atoms with Gasteiger partial charge in [0.1, 0.15) is 16.7 Å². The second-order valence-corrected chi connectivity index (χ2v) is 9.74. The van der Waals surface area contributed by atoms with E-state index >= 15 is 0 Å². The quantitative estimate of drug-likeness (QED) is 0.261. The number of rotatable bonds is 7. The number of anilines is 1. The van der Waals surface area contributed by atoms with E-state index in [9.17, 15) is 4.79 Å². The maximum Gasteiger partial charge on any atom is 0.223 e. The van der Waals surface area contributed by atoms with E-state index in [1.165, 1.54) is 0 Å². The minimum Gasteiger partial charge on any atom is -0.382 e. The lowest BCUT2D eigenvalue weighted by atomic mass is 9.81. The summed E-state index contributed by atoms with van der Waals surface area (Å²) in [6.07, 6.45) is 4.32. The SMILES string of the molecule is NC[C@H]1CC[C@H](C(=O)NC(Cc2ccccc2)c2nc(-c3ccc4c(N)n[nH]c4c3)c(Cl)[nH]2)CC1. The molecule has 4 aromatic rings. The number of nitrogens with two attached hydrogens (primary N) is 2. The molecule has 0 saturated heterocycles. The Bertz CT molecular complexity index is 1310. The summed E-state index contributed by atoms with van der Waals surface area (Å²) in [6, 6.07) is 15.5. The summed E-state index contributed by atoms with van der Waals surface area (Å²) in [5.74, 6) is 1.65. The third kappa shape index (κ3) is 5.04. The van der Waals surface area contributed by atoms with Crippen molar-refractivity contribution in [2.24, 2.45) is 17.6 Å². The number of fused-ring (bicyclic) bond motifs is 1. The second-order valence-electron chi connectivity index (χ2n) is 9.36. The van der Waals surface area contributed by atoms with E-state index in [1.54, 1.807) is 0 Å². The lowest BCUT2D eigenvalue weighted by molar-refractivity contribution is -0.127. The molecule has 1 amide bonds. The Morgan fingerprint density at radius 1 is 1.14 bits per heavy atom. The molecular formula is C26H30ClN7O. The molecule has 1 fully saturated rings. The summed E-state index contributed by atoms with van der Waals surface area (Å²) in [5.41, 5.74) is 15.1. The number of H-pyrrole nitrogens is 2. The van der Waals surface area contributed by atoms with E-state index in [-0.39, 0.29) is 17.9 Å². The number of nitrogens with one attached hydrogen (secondary N) is 3. The first-order valence-corrected chi connectivity index (χ1v) is 12.4. The van der Waals surface area contributed by atoms with Gasteiger partial charge in [0.25, 0.3) is 0 Å². The molecule has 1 aliphatic rings. The molecule has 0 bridgehead atoms. The van der Waals surface area contributed by atoms with Gasteiger partial charge < -0.3 is 21.8 Å². The van der Waals surface area contributed by atoms with Crippen molar-refractivity contribution in [2.75, 3.05) is 12.3 Å². The molecule has 182 valence electrons. The van der Waals surface area contributed by atoms with Gasteiger partial charge in [-0.15, -0.1) is 0 Å². The third-order valence-electron chi connectivity index (χ3n) is 7.02. The average molecular weight is 492 g/mol. The minimum absolute atomic E-state index is 0.00535. The van der Waals surface area contributed by atoms with Crippen molar-refractivity contribution in [1.82, 2.24) is 25.5 Å². The molecule has 7 N–H and O–H groups in total. The van der Waals surface area contributed by atoms with E-state index in [4.69, 9.17) is 28.1 Å². The first-order valence-electron chi connectivity index (χ1n) is 12.1. The molecule has 0 spiro atoms. The molecular weight excluding hydrogens is 462 g/mol. The number of hydrogen-bond donors (Lipinski definition) is 5. The van der Waals surface area contributed by atoms with Gasteiger partial charge in [-0.2, -0.15) is 5.10 Å². The zero-order valence-corrected chi connectivity index (χ0v) is 20.2. The van der Waals surface area contributed by atoms with Gasteiger partial charge in [0.2, 0.25) is 5.91 Å². The smallest absolute Gasteiger partial charge is 0.223 e. The number of hydrogen-bond acceptors (Lipinski definition) is 5. The molecule has 0 aliphatic heterocycles. The number of amides is 1. The fourth-order valence-electron chi connectivity index (χ4n) is 4.93. The van der Waals surface area contributed by atoms with E-state index in [1.807, 2.05) is 48.5 Å². The van der Waals surface area contributed by atoms with Crippen molar-refractivity contribution in [3.8, 4) is 11.3 Å². The number of halogens is 1. The predicted octanol–water partition coefficient (Wildman–Crippen LogP) is 4.35. The summed E-state index contributed by atoms with van der Waals surface area (Å²) in [5, 5.41) is 11.5. The number of imidazole rings is 1. The van der Waals surface area contributed by atoms with E-state index in [0.29, 0.717) is 41.4 Å². The Labute approximate surface area is 208 Å². The van der Waals surface area contributed by atoms with Gasteiger partial charge in [-0.05, 0) is 62.3 Å². The molecule has 1 aliphatic carbocycles. The Kier molecular flexibility index (Phi) is 6.74. The van der Waals surface area contributed by atoms with Gasteiger partial charge in [0.05, 0.1) is 11.6 Å². The van der Waals surface area contributed by atoms with Crippen LogP contribution in [0.5, 0.6) is 0 Å². The van der Waals surface area contributed by atoms with Crippen molar-refractivity contribution in [2.45, 2.75) is 38.1 Å². The van der Waals surface area contributed by atoms with Crippen LogP contribution in [0.25, 0.3) is 22.2 Å². The molecule has 0 radical (unpaired) electrons. The molecule has 1 atom stereocenters. The number of carbonyl (C=O) groups is 1. The van der Waals surface area contributed by atoms with Crippen molar-refractivity contribution in [1.29, 1.82) is 0 Å². The maximum atomic E-state index is 13.2. The standard InChI is InChI=1S/C26H30ClN7O/c27-23-22(18-10-11-19-20(13-18)33-34-24(19)29)31-25(32-23)21(12-15-4-2-1-3-5-15)30-26(35)17-8-6-16(14-28)7-9-17/h1-5,10-11,13,16-17,21H,6-9,12,14,28H2,(H,30,35)(H,31,32)(H3,29,33,34)/t16-,17-,21?. The van der Waals surface area contributed by atoms with Crippen LogP contribution in [-0.4, -0.2) is 32.6 Å². The number of nitrogen functional groups attached to an aromatic ring is 1. The van der Waals surface area contributed by atoms with Crippen LogP contribution in [0, 0.1) is 11.8 Å². The van der Waals surface area contributed by atoms with Crippen LogP contribution >= 0.6 is 11.6 Å². The van der Waals surface area contributed by atoms with E-state index < -0.39 is 0 Å². The number of carbonyl (C=O) groups excluding carboxylic acids is 1. The lowest BCUT2D eigenvalue weighted by Gasteiger charge is -2.28. The van der Waals surface area contributed by atoms with Gasteiger partial charge in [-0.3, -0.25) is 9.89 Å². The van der Waals surface area contributed by atoms with Crippen LogP contribution in [0.2, 0.25) is 5.15 Å². The van der Waals surface area contributed by atoms with Crippen LogP contribution < -0.4 is 16.8 Å². The van der Waals surface area contributed by atoms with Gasteiger partial charge in [0, 0.05) is 16.9 Å². The number of nitrogens with zero attached hydrogens (tertiary/aromatic N) is 2. The third-order valence-corrected chi connectivity index (χ3v) is 7.30. The van der Waals surface area contributed by atoms with Crippen molar-refractivity contribution in [3.63, 3.8) is 0 Å². The minimum atomic E-state index is -0.338. The Morgan fingerprint density at radius 3 is 2.66 bits per heavy atom. The summed E-state index contributed by atoms with van der Waals surface area (Å²) in [7, 11) is 0. The Hall–Kier alpha value is -3.36. The van der Waals surface area contributed by atoms with Crippen molar-refractivity contribution >= 4 is 34.2 Å². The van der Waals surface area contributed by atoms with Crippen molar-refractivity contribution < 1.29 is 4.79 Å². The lowest BCUT2D eigenvalue weighted by Crippen LogP contribution is -2.37. The molecule has 9 heteroatoms. The largest absolute Gasteiger partial charge is 0.382 e. The van der Waals surface area contributed by atoms with Gasteiger partial charge in [-0.25, -0.2) is 4.98 Å². The van der Waals surface area contributed by atoms with Crippen LogP contribution in [0.1, 0.15) is 43.1 Å². The molecule has 2 aromatic carbocycles. The van der Waals surface area contributed by atoms with Crippen molar-refractivity contribution in [3.05, 3.63) is 65.1 Å². The van der Waals surface area contributed by atoms with Gasteiger partial charge in [-0.1, -0.05) is 48.0 Å². The second kappa shape index (κ2) is 10.1. The average Bonchev–Trinajstić information content (AvgIpc) is 3.46. The number of aromatic amines is 2. The summed E-state index contributed by atoms with van der Waals surface area (Å²) >= 11 is 6.61. The number of benzene rings is 2. The first-order chi connectivity index (χ1) is 17.0. The predicted molar refractivity (Wildman–Crippen MR) is 139 cm³/mol. The highest BCUT2D eigenvalue weighted by Crippen LogP contribution is 2.32. The van der Waals surface area contributed by atoms with E-state index in [0.717, 1.165) is 47.7 Å². The van der Waals surface area contributed by atoms with E-state index in [2.05, 4.69) is 20.5 Å². The van der Waals surface area contributed by atoms with Gasteiger partial charge in [0.15, 0.2) is 5.82 Å². The highest BCUT2D eigenvalue weighted by Gasteiger charge is 2.29. The molecule has 2 heterocycles. The molecule has 8 nitrogen and oxygen atoms in total. The summed E-state index contributed by atoms with van der Waals surface area (Å²) < 4.78 is 0. The zero-order chi connectivity index (χ0) is 24.4. The van der Waals surface area contributed by atoms with Gasteiger partial charge >= 0.3 is 0 Å². The Morgan fingerprint density at radius 2 is 1.91 bits per heavy atom. The Balaban J connectivity index is 1.41. The monoisotopic (exact) mass is 491 g/mol. The molecule has 5 rings (SSSR count). The van der Waals surface area contributed by atoms with Crippen LogP contribution in [0.4, 0.5) is 5.82 Å². The molecule has 1 saturated carbocycles. The highest BCUT2D eigenvalue weighted by molar-refractivity contribution is 6.32. The van der Waals surface area contributed by atoms with Crippen LogP contribution in [-0.2, 0) is 11.2 Å². The highest BCUT2D eigenvalue weighted by atomic mass is 35.5. The number of aromatic nitrogens is 4. The summed E-state index contributed by atoms with van der Waals surface area (Å²) in [4.78, 5) is 21.3. The fraction of sp³-hybridized carbons (Fsp3) is 0.346. The molecule has 35 heavy (non-hydrogen) atoms. The van der Waals surface area contributed by atoms with Crippen LogP contribution in [0.15, 0.2) is 48.5 Å². The first kappa shape index (κ1) is 23.4.